The molecule has 0 spiro atoms. The maximum Gasteiger partial charge on any atom is 0.180 e. The van der Waals surface area contributed by atoms with Crippen LogP contribution in [0, 0.1) is 128 Å². The molecule has 1 heterocycles. The first-order chi connectivity index (χ1) is 23.2. The van der Waals surface area contributed by atoms with Gasteiger partial charge in [0.05, 0.1) is 33.4 Å². The van der Waals surface area contributed by atoms with Gasteiger partial charge in [0.1, 0.15) is 47.3 Å². The highest BCUT2D eigenvalue weighted by Crippen LogP contribution is 2.57. The van der Waals surface area contributed by atoms with Gasteiger partial charge in [-0.3, -0.25) is 0 Å². The number of rotatable bonds is 4. The summed E-state index contributed by atoms with van der Waals surface area (Å²) in [4.78, 5) is 0. The van der Waals surface area contributed by atoms with Gasteiger partial charge >= 0.3 is 0 Å². The SMILES string of the molecule is Cc1c(F)c(C(C#N)=C2C(=C(/C#N)c3c(F)c(F)c(C#N)c(F)c3F)/C2=C(/C#N)c2c(F)c(F)c(C#N)c(F)c2F)c(F)c(F)c1C1CN1. The van der Waals surface area contributed by atoms with Crippen LogP contribution in [0.4, 0.5) is 48.3 Å². The summed E-state index contributed by atoms with van der Waals surface area (Å²) in [6.07, 6.45) is 0. The van der Waals surface area contributed by atoms with Crippen molar-refractivity contribution < 1.29 is 48.3 Å². The average molecular weight is 684 g/mol. The van der Waals surface area contributed by atoms with Crippen molar-refractivity contribution >= 4 is 16.7 Å². The molecular formula is C32H7F11N6. The fraction of sp³-hybridized carbons (Fsp3) is 0.0938. The van der Waals surface area contributed by atoms with E-state index in [2.05, 4.69) is 5.32 Å². The van der Waals surface area contributed by atoms with Crippen LogP contribution in [-0.2, 0) is 0 Å². The van der Waals surface area contributed by atoms with Crippen molar-refractivity contribution in [2.24, 2.45) is 0 Å². The maximum absolute atomic E-state index is 15.7. The number of allylic oxidation sites excluding steroid dienone is 6. The standard InChI is InChI=1S/C32H7F11N6/c1-8-15(14-7-49-14)27(38)32(43)19(22(8)33)9(2-44)16-17(10(3-45)20-28(39)23(34)12(5-47)24(35)29(20)40)18(16)11(4-46)21-30(41)25(36)13(6-48)26(37)31(21)42/h14,49H,7H2,1H3/b16-9?,17-10-,18-11+. The van der Waals surface area contributed by atoms with Crippen LogP contribution in [0.2, 0.25) is 0 Å². The molecule has 0 radical (unpaired) electrons. The van der Waals surface area contributed by atoms with Gasteiger partial charge in [0, 0.05) is 34.9 Å². The molecule has 3 aromatic carbocycles. The van der Waals surface area contributed by atoms with Crippen molar-refractivity contribution in [3.05, 3.63) is 120 Å². The van der Waals surface area contributed by atoms with E-state index < -0.39 is 142 Å². The summed E-state index contributed by atoms with van der Waals surface area (Å²) in [6, 6.07) is 4.16. The fourth-order valence-electron chi connectivity index (χ4n) is 5.24. The van der Waals surface area contributed by atoms with E-state index in [1.54, 1.807) is 0 Å². The van der Waals surface area contributed by atoms with Crippen molar-refractivity contribution in [1.82, 2.24) is 5.32 Å². The zero-order valence-electron chi connectivity index (χ0n) is 23.7. The van der Waals surface area contributed by atoms with Crippen LogP contribution in [0.5, 0.6) is 0 Å². The molecule has 1 unspecified atom stereocenters. The molecule has 6 nitrogen and oxygen atoms in total. The Morgan fingerprint density at radius 1 is 0.490 bits per heavy atom. The van der Waals surface area contributed by atoms with Gasteiger partial charge in [-0.05, 0) is 12.5 Å². The first-order valence-electron chi connectivity index (χ1n) is 13.0. The Balaban J connectivity index is 2.04. The summed E-state index contributed by atoms with van der Waals surface area (Å²) >= 11 is 0. The van der Waals surface area contributed by atoms with E-state index in [-0.39, 0.29) is 6.54 Å². The van der Waals surface area contributed by atoms with Gasteiger partial charge in [-0.2, -0.15) is 26.3 Å². The Bertz CT molecular complexity index is 2220. The lowest BCUT2D eigenvalue weighted by molar-refractivity contribution is 0.446. The molecule has 2 fully saturated rings. The third kappa shape index (κ3) is 4.78. The van der Waals surface area contributed by atoms with Gasteiger partial charge in [0.15, 0.2) is 58.2 Å². The fourth-order valence-corrected chi connectivity index (χ4v) is 5.24. The number of hydrogen-bond donors (Lipinski definition) is 1. The molecule has 0 amide bonds. The van der Waals surface area contributed by atoms with Crippen LogP contribution in [-0.4, -0.2) is 6.54 Å². The Morgan fingerprint density at radius 2 is 0.776 bits per heavy atom. The molecule has 49 heavy (non-hydrogen) atoms. The zero-order valence-corrected chi connectivity index (χ0v) is 23.7. The van der Waals surface area contributed by atoms with E-state index in [1.165, 1.54) is 6.07 Å². The Morgan fingerprint density at radius 3 is 1.04 bits per heavy atom. The quantitative estimate of drug-likeness (QED) is 0.134. The van der Waals surface area contributed by atoms with Crippen molar-refractivity contribution in [1.29, 1.82) is 26.3 Å². The van der Waals surface area contributed by atoms with Gasteiger partial charge in [0.25, 0.3) is 0 Å². The highest BCUT2D eigenvalue weighted by atomic mass is 19.2. The lowest BCUT2D eigenvalue weighted by Gasteiger charge is -2.12. The third-order valence-corrected chi connectivity index (χ3v) is 7.63. The highest BCUT2D eigenvalue weighted by Gasteiger charge is 2.46. The summed E-state index contributed by atoms with van der Waals surface area (Å²) < 4.78 is 166. The van der Waals surface area contributed by atoms with Gasteiger partial charge in [-0.25, -0.2) is 48.3 Å². The highest BCUT2D eigenvalue weighted by molar-refractivity contribution is 6.12. The van der Waals surface area contributed by atoms with Crippen LogP contribution in [0.15, 0.2) is 16.7 Å². The molecule has 0 aromatic heterocycles. The van der Waals surface area contributed by atoms with Crippen LogP contribution in [0.1, 0.15) is 45.0 Å². The van der Waals surface area contributed by atoms with E-state index >= 15 is 30.7 Å². The minimum Gasteiger partial charge on any atom is -0.307 e. The van der Waals surface area contributed by atoms with E-state index in [1.807, 2.05) is 0 Å². The van der Waals surface area contributed by atoms with Crippen molar-refractivity contribution in [3.8, 4) is 30.3 Å². The molecule has 5 rings (SSSR count). The van der Waals surface area contributed by atoms with Crippen LogP contribution in [0.3, 0.4) is 0 Å². The second kappa shape index (κ2) is 12.0. The zero-order chi connectivity index (χ0) is 36.4. The van der Waals surface area contributed by atoms with Gasteiger partial charge in [-0.1, -0.05) is 0 Å². The summed E-state index contributed by atoms with van der Waals surface area (Å²) in [5.41, 5.74) is -18.5. The van der Waals surface area contributed by atoms with E-state index in [4.69, 9.17) is 10.5 Å². The molecule has 2 aliphatic rings. The average Bonchev–Trinajstić information content (AvgIpc) is 4.02. The normalized spacial score (nSPS) is 17.7. The molecule has 0 bridgehead atoms. The maximum atomic E-state index is 15.7. The van der Waals surface area contributed by atoms with Crippen LogP contribution >= 0.6 is 0 Å². The van der Waals surface area contributed by atoms with Crippen molar-refractivity contribution in [2.75, 3.05) is 6.54 Å². The van der Waals surface area contributed by atoms with Crippen molar-refractivity contribution in [2.45, 2.75) is 13.0 Å². The van der Waals surface area contributed by atoms with Gasteiger partial charge in [0.2, 0.25) is 0 Å². The molecule has 1 aliphatic carbocycles. The second-order valence-corrected chi connectivity index (χ2v) is 10.1. The summed E-state index contributed by atoms with van der Waals surface area (Å²) in [5.74, 6) is -24.6. The first-order valence-corrected chi connectivity index (χ1v) is 13.0. The lowest BCUT2D eigenvalue weighted by atomic mass is 9.95. The Kier molecular flexibility index (Phi) is 8.26. The van der Waals surface area contributed by atoms with E-state index in [9.17, 15) is 33.3 Å². The van der Waals surface area contributed by atoms with Crippen LogP contribution < -0.4 is 5.32 Å². The number of nitrogens with one attached hydrogen (secondary N) is 1. The number of benzene rings is 3. The third-order valence-electron chi connectivity index (χ3n) is 7.63. The largest absolute Gasteiger partial charge is 0.307 e. The Hall–Kier alpha value is -6.48. The molecule has 1 aliphatic heterocycles. The molecule has 1 N–H and O–H groups in total. The Labute approximate surface area is 266 Å². The molecule has 1 saturated carbocycles. The summed E-state index contributed by atoms with van der Waals surface area (Å²) in [7, 11) is 0. The minimum atomic E-state index is -2.43. The smallest absolute Gasteiger partial charge is 0.180 e. The summed E-state index contributed by atoms with van der Waals surface area (Å²) in [6.45, 7) is 1.04. The molecule has 242 valence electrons. The first kappa shape index (κ1) is 33.9. The number of halogens is 11. The predicted molar refractivity (Wildman–Crippen MR) is 141 cm³/mol. The topological polar surface area (TPSA) is 141 Å². The molecule has 1 atom stereocenters. The second-order valence-electron chi connectivity index (χ2n) is 10.1. The monoisotopic (exact) mass is 684 g/mol. The van der Waals surface area contributed by atoms with Crippen molar-refractivity contribution in [3.63, 3.8) is 0 Å². The molecular weight excluding hydrogens is 677 g/mol. The number of nitrogens with zero attached hydrogens (tertiary/aromatic N) is 5. The van der Waals surface area contributed by atoms with Gasteiger partial charge in [-0.15, -0.1) is 0 Å². The minimum absolute atomic E-state index is 0.0860. The van der Waals surface area contributed by atoms with E-state index in [0.717, 1.165) is 31.2 Å². The van der Waals surface area contributed by atoms with E-state index in [0.29, 0.717) is 0 Å². The van der Waals surface area contributed by atoms with Crippen LogP contribution in [0.25, 0.3) is 16.7 Å². The number of hydrogen-bond acceptors (Lipinski definition) is 6. The van der Waals surface area contributed by atoms with Gasteiger partial charge < -0.3 is 5.32 Å². The number of nitriles is 5. The molecule has 3 aromatic rings. The lowest BCUT2D eigenvalue weighted by Crippen LogP contribution is -2.08. The predicted octanol–water partition coefficient (Wildman–Crippen LogP) is 7.16. The summed E-state index contributed by atoms with van der Waals surface area (Å²) in [5, 5.41) is 50.3. The molecule has 17 heteroatoms. The molecule has 1 saturated heterocycles.